The highest BCUT2D eigenvalue weighted by molar-refractivity contribution is 5.97. The quantitative estimate of drug-likeness (QED) is 0.775. The predicted octanol–water partition coefficient (Wildman–Crippen LogP) is 2.19. The lowest BCUT2D eigenvalue weighted by Gasteiger charge is -2.62. The third-order valence-corrected chi connectivity index (χ3v) is 4.76. The van der Waals surface area contributed by atoms with Crippen molar-refractivity contribution in [3.63, 3.8) is 0 Å². The van der Waals surface area contributed by atoms with Gasteiger partial charge in [-0.2, -0.15) is 0 Å². The number of aromatic hydroxyl groups is 1. The van der Waals surface area contributed by atoms with Gasteiger partial charge in [-0.3, -0.25) is 4.79 Å². The zero-order valence-corrected chi connectivity index (χ0v) is 12.8. The minimum absolute atomic E-state index is 0.00679. The van der Waals surface area contributed by atoms with Crippen molar-refractivity contribution in [3.05, 3.63) is 29.3 Å². The summed E-state index contributed by atoms with van der Waals surface area (Å²) < 4.78 is 0. The summed E-state index contributed by atoms with van der Waals surface area (Å²) in [4.78, 5) is 12.4. The van der Waals surface area contributed by atoms with Crippen LogP contribution in [0.2, 0.25) is 0 Å². The fourth-order valence-electron chi connectivity index (χ4n) is 3.59. The number of carbonyl (C=O) groups excluding carboxylic acids is 1. The topological polar surface area (TPSA) is 75.3 Å². The molecule has 1 aromatic rings. The molecule has 0 bridgehead atoms. The van der Waals surface area contributed by atoms with Crippen LogP contribution >= 0.6 is 0 Å². The summed E-state index contributed by atoms with van der Waals surface area (Å²) in [6, 6.07) is 5.04. The molecule has 0 atom stereocenters. The Labute approximate surface area is 120 Å². The minimum Gasteiger partial charge on any atom is -0.507 e. The summed E-state index contributed by atoms with van der Waals surface area (Å²) in [5.41, 5.74) is 7.14. The molecular weight excluding hydrogens is 252 g/mol. The van der Waals surface area contributed by atoms with Crippen LogP contribution in [0.25, 0.3) is 0 Å². The molecule has 0 unspecified atom stereocenters. The molecule has 0 saturated heterocycles. The maximum atomic E-state index is 12.4. The van der Waals surface area contributed by atoms with E-state index in [-0.39, 0.29) is 34.6 Å². The van der Waals surface area contributed by atoms with Crippen LogP contribution in [0.5, 0.6) is 5.75 Å². The van der Waals surface area contributed by atoms with Crippen molar-refractivity contribution < 1.29 is 9.90 Å². The van der Waals surface area contributed by atoms with Crippen molar-refractivity contribution in [2.75, 3.05) is 0 Å². The van der Waals surface area contributed by atoms with E-state index in [4.69, 9.17) is 5.73 Å². The van der Waals surface area contributed by atoms with Gasteiger partial charge in [0.15, 0.2) is 0 Å². The molecule has 2 rings (SSSR count). The first-order valence-electron chi connectivity index (χ1n) is 6.94. The van der Waals surface area contributed by atoms with Crippen LogP contribution in [0.1, 0.15) is 43.6 Å². The molecule has 110 valence electrons. The maximum absolute atomic E-state index is 12.4. The van der Waals surface area contributed by atoms with Gasteiger partial charge >= 0.3 is 0 Å². The van der Waals surface area contributed by atoms with E-state index in [1.165, 1.54) is 0 Å². The van der Waals surface area contributed by atoms with Gasteiger partial charge in [-0.25, -0.2) is 0 Å². The third-order valence-electron chi connectivity index (χ3n) is 4.76. The van der Waals surface area contributed by atoms with E-state index in [0.29, 0.717) is 5.56 Å². The average Bonchev–Trinajstić information content (AvgIpc) is 2.37. The van der Waals surface area contributed by atoms with Gasteiger partial charge in [0.1, 0.15) is 5.75 Å². The lowest BCUT2D eigenvalue weighted by atomic mass is 9.48. The van der Waals surface area contributed by atoms with E-state index in [1.807, 2.05) is 6.92 Å². The van der Waals surface area contributed by atoms with Crippen LogP contribution in [0, 0.1) is 17.8 Å². The van der Waals surface area contributed by atoms with Crippen molar-refractivity contribution in [1.29, 1.82) is 0 Å². The maximum Gasteiger partial charge on any atom is 0.255 e. The van der Waals surface area contributed by atoms with E-state index in [1.54, 1.807) is 18.2 Å². The Morgan fingerprint density at radius 1 is 1.25 bits per heavy atom. The normalized spacial score (nSPS) is 26.7. The zero-order valence-electron chi connectivity index (χ0n) is 12.8. The van der Waals surface area contributed by atoms with Crippen LogP contribution < -0.4 is 11.1 Å². The highest BCUT2D eigenvalue weighted by atomic mass is 16.3. The Bertz CT molecular complexity index is 533. The molecule has 4 heteroatoms. The number of nitrogens with two attached hydrogens (primary N) is 1. The number of hydrogen-bond acceptors (Lipinski definition) is 3. The number of phenols is 1. The monoisotopic (exact) mass is 276 g/mol. The molecule has 4 N–H and O–H groups in total. The lowest BCUT2D eigenvalue weighted by molar-refractivity contribution is -0.0663. The number of rotatable bonds is 2. The standard InChI is InChI=1S/C16H24N2O2/c1-9-6-7-11(19)10(8-9)12(20)18-14-15(2,3)13(17)16(14,4)5/h6-8,13-14,19H,17H2,1-5H3,(H,18,20). The molecule has 1 fully saturated rings. The number of hydrogen-bond donors (Lipinski definition) is 3. The van der Waals surface area contributed by atoms with Gasteiger partial charge in [-0.05, 0) is 19.1 Å². The Balaban J connectivity index is 2.22. The Morgan fingerprint density at radius 3 is 2.35 bits per heavy atom. The fourth-order valence-corrected chi connectivity index (χ4v) is 3.59. The summed E-state index contributed by atoms with van der Waals surface area (Å²) in [7, 11) is 0. The molecule has 1 aliphatic carbocycles. The first kappa shape index (κ1) is 14.9. The third kappa shape index (κ3) is 2.08. The summed E-state index contributed by atoms with van der Waals surface area (Å²) in [5, 5.41) is 12.9. The summed E-state index contributed by atoms with van der Waals surface area (Å²) >= 11 is 0. The van der Waals surface area contributed by atoms with E-state index in [2.05, 4.69) is 33.0 Å². The fraction of sp³-hybridized carbons (Fsp3) is 0.562. The lowest BCUT2D eigenvalue weighted by Crippen LogP contribution is -2.76. The number of nitrogens with one attached hydrogen (secondary N) is 1. The van der Waals surface area contributed by atoms with Crippen LogP contribution in [0.3, 0.4) is 0 Å². The van der Waals surface area contributed by atoms with E-state index in [9.17, 15) is 9.90 Å². The molecule has 1 aromatic carbocycles. The first-order valence-corrected chi connectivity index (χ1v) is 6.94. The molecule has 1 saturated carbocycles. The average molecular weight is 276 g/mol. The Morgan fingerprint density at radius 2 is 1.80 bits per heavy atom. The highest BCUT2D eigenvalue weighted by Gasteiger charge is 2.60. The van der Waals surface area contributed by atoms with Gasteiger partial charge < -0.3 is 16.2 Å². The highest BCUT2D eigenvalue weighted by Crippen LogP contribution is 2.52. The molecule has 1 amide bonds. The number of phenolic OH excluding ortho intramolecular Hbond substituents is 1. The first-order chi connectivity index (χ1) is 9.08. The number of carbonyl (C=O) groups is 1. The van der Waals surface area contributed by atoms with Crippen LogP contribution in [0.15, 0.2) is 18.2 Å². The van der Waals surface area contributed by atoms with E-state index >= 15 is 0 Å². The van der Waals surface area contributed by atoms with Crippen molar-refractivity contribution in [2.45, 2.75) is 46.7 Å². The van der Waals surface area contributed by atoms with E-state index < -0.39 is 0 Å². The number of aryl methyl sites for hydroxylation is 1. The number of benzene rings is 1. The van der Waals surface area contributed by atoms with Crippen molar-refractivity contribution in [3.8, 4) is 5.75 Å². The molecular formula is C16H24N2O2. The van der Waals surface area contributed by atoms with Crippen molar-refractivity contribution in [2.24, 2.45) is 16.6 Å². The molecule has 0 spiro atoms. The molecule has 0 heterocycles. The van der Waals surface area contributed by atoms with E-state index in [0.717, 1.165) is 5.56 Å². The van der Waals surface area contributed by atoms with Crippen molar-refractivity contribution in [1.82, 2.24) is 5.32 Å². The van der Waals surface area contributed by atoms with Crippen LogP contribution in [-0.2, 0) is 0 Å². The summed E-state index contributed by atoms with van der Waals surface area (Å²) in [6.07, 6.45) is 0. The largest absolute Gasteiger partial charge is 0.507 e. The molecule has 1 aliphatic rings. The van der Waals surface area contributed by atoms with Crippen LogP contribution in [0.4, 0.5) is 0 Å². The van der Waals surface area contributed by atoms with Crippen LogP contribution in [-0.4, -0.2) is 23.1 Å². The second kappa shape index (κ2) is 4.48. The minimum atomic E-state index is -0.246. The van der Waals surface area contributed by atoms with Gasteiger partial charge in [0.05, 0.1) is 5.56 Å². The van der Waals surface area contributed by atoms with Gasteiger partial charge in [0, 0.05) is 22.9 Å². The molecule has 20 heavy (non-hydrogen) atoms. The van der Waals surface area contributed by atoms with Gasteiger partial charge in [-0.15, -0.1) is 0 Å². The second-order valence-corrected chi connectivity index (χ2v) is 7.05. The smallest absolute Gasteiger partial charge is 0.255 e. The number of amides is 1. The van der Waals surface area contributed by atoms with Gasteiger partial charge in [0.25, 0.3) is 5.91 Å². The Hall–Kier alpha value is -1.55. The van der Waals surface area contributed by atoms with Gasteiger partial charge in [0.2, 0.25) is 0 Å². The zero-order chi connectivity index (χ0) is 15.3. The molecule has 4 nitrogen and oxygen atoms in total. The summed E-state index contributed by atoms with van der Waals surface area (Å²) in [6.45, 7) is 10.1. The second-order valence-electron chi connectivity index (χ2n) is 7.05. The van der Waals surface area contributed by atoms with Crippen molar-refractivity contribution >= 4 is 5.91 Å². The molecule has 0 aromatic heterocycles. The molecule has 0 aliphatic heterocycles. The SMILES string of the molecule is Cc1ccc(O)c(C(=O)NC2C(C)(C)C(N)C2(C)C)c1. The van der Waals surface area contributed by atoms with Gasteiger partial charge in [-0.1, -0.05) is 39.3 Å². The summed E-state index contributed by atoms with van der Waals surface area (Å²) in [5.74, 6) is -0.239. The predicted molar refractivity (Wildman–Crippen MR) is 79.6 cm³/mol. The Kier molecular flexibility index (Phi) is 3.33. The molecule has 0 radical (unpaired) electrons.